The SMILES string of the molecule is CCN(Cc1cccc(F)c1)C(=O)CSc1nnc(Nc2cccc(C)c2)s1. The number of aryl methyl sites for hydroxylation is 1. The molecule has 0 radical (unpaired) electrons. The summed E-state index contributed by atoms with van der Waals surface area (Å²) in [5.41, 5.74) is 2.89. The van der Waals surface area contributed by atoms with Crippen molar-refractivity contribution in [2.75, 3.05) is 17.6 Å². The number of thioether (sulfide) groups is 1. The fraction of sp³-hybridized carbons (Fsp3) is 0.250. The molecule has 0 aliphatic carbocycles. The molecule has 28 heavy (non-hydrogen) atoms. The molecule has 1 N–H and O–H groups in total. The highest BCUT2D eigenvalue weighted by Crippen LogP contribution is 2.28. The van der Waals surface area contributed by atoms with Gasteiger partial charge < -0.3 is 10.2 Å². The zero-order chi connectivity index (χ0) is 19.9. The lowest BCUT2D eigenvalue weighted by molar-refractivity contribution is -0.128. The molecule has 5 nitrogen and oxygen atoms in total. The number of amides is 1. The summed E-state index contributed by atoms with van der Waals surface area (Å²) in [6, 6.07) is 14.3. The molecule has 0 bridgehead atoms. The van der Waals surface area contributed by atoms with Crippen molar-refractivity contribution in [2.45, 2.75) is 24.7 Å². The van der Waals surface area contributed by atoms with Gasteiger partial charge in [0.25, 0.3) is 0 Å². The number of benzene rings is 2. The third kappa shape index (κ3) is 5.77. The largest absolute Gasteiger partial charge is 0.338 e. The number of rotatable bonds is 8. The van der Waals surface area contributed by atoms with Gasteiger partial charge in [0.15, 0.2) is 4.34 Å². The van der Waals surface area contributed by atoms with Crippen molar-refractivity contribution in [3.05, 3.63) is 65.5 Å². The van der Waals surface area contributed by atoms with Crippen LogP contribution in [0.15, 0.2) is 52.9 Å². The lowest BCUT2D eigenvalue weighted by atomic mass is 10.2. The van der Waals surface area contributed by atoms with Gasteiger partial charge in [-0.1, -0.05) is 47.4 Å². The number of nitrogens with one attached hydrogen (secondary N) is 1. The van der Waals surface area contributed by atoms with E-state index in [0.717, 1.165) is 21.2 Å². The van der Waals surface area contributed by atoms with E-state index in [9.17, 15) is 9.18 Å². The quantitative estimate of drug-likeness (QED) is 0.531. The first-order chi connectivity index (χ1) is 13.5. The molecular formula is C20H21FN4OS2. The Balaban J connectivity index is 1.54. The maximum absolute atomic E-state index is 13.3. The van der Waals surface area contributed by atoms with Gasteiger partial charge in [-0.3, -0.25) is 4.79 Å². The van der Waals surface area contributed by atoms with Crippen LogP contribution in [0.25, 0.3) is 0 Å². The van der Waals surface area contributed by atoms with Gasteiger partial charge in [0.05, 0.1) is 5.75 Å². The van der Waals surface area contributed by atoms with Crippen molar-refractivity contribution in [1.82, 2.24) is 15.1 Å². The zero-order valence-electron chi connectivity index (χ0n) is 15.7. The molecule has 0 fully saturated rings. The first kappa shape index (κ1) is 20.3. The van der Waals surface area contributed by atoms with Crippen molar-refractivity contribution in [2.24, 2.45) is 0 Å². The highest BCUT2D eigenvalue weighted by molar-refractivity contribution is 8.01. The highest BCUT2D eigenvalue weighted by atomic mass is 32.2. The number of carbonyl (C=O) groups is 1. The highest BCUT2D eigenvalue weighted by Gasteiger charge is 2.15. The number of nitrogens with zero attached hydrogens (tertiary/aromatic N) is 3. The number of carbonyl (C=O) groups excluding carboxylic acids is 1. The third-order valence-electron chi connectivity index (χ3n) is 3.99. The van der Waals surface area contributed by atoms with Gasteiger partial charge in [0, 0.05) is 18.8 Å². The first-order valence-electron chi connectivity index (χ1n) is 8.85. The minimum atomic E-state index is -0.294. The van der Waals surface area contributed by atoms with Crippen molar-refractivity contribution in [3.63, 3.8) is 0 Å². The van der Waals surface area contributed by atoms with E-state index in [0.29, 0.717) is 18.2 Å². The lowest BCUT2D eigenvalue weighted by Crippen LogP contribution is -2.31. The summed E-state index contributed by atoms with van der Waals surface area (Å²) in [6.07, 6.45) is 0. The number of hydrogen-bond acceptors (Lipinski definition) is 6. The molecule has 2 aromatic carbocycles. The van der Waals surface area contributed by atoms with Crippen LogP contribution in [0.1, 0.15) is 18.1 Å². The van der Waals surface area contributed by atoms with Crippen LogP contribution in [0.3, 0.4) is 0 Å². The van der Waals surface area contributed by atoms with Gasteiger partial charge in [-0.05, 0) is 49.2 Å². The Morgan fingerprint density at radius 3 is 2.79 bits per heavy atom. The molecule has 0 atom stereocenters. The van der Waals surface area contributed by atoms with Crippen LogP contribution in [-0.4, -0.2) is 33.3 Å². The van der Waals surface area contributed by atoms with Crippen LogP contribution in [0.2, 0.25) is 0 Å². The van der Waals surface area contributed by atoms with E-state index in [1.807, 2.05) is 44.2 Å². The second-order valence-electron chi connectivity index (χ2n) is 6.19. The molecular weight excluding hydrogens is 395 g/mol. The standard InChI is InChI=1S/C20H21FN4OS2/c1-3-25(12-15-7-5-8-16(21)11-15)18(26)13-27-20-24-23-19(28-20)22-17-9-4-6-14(2)10-17/h4-11H,3,12-13H2,1-2H3,(H,22,23). The molecule has 0 aliphatic heterocycles. The van der Waals surface area contributed by atoms with E-state index in [1.165, 1.54) is 35.2 Å². The summed E-state index contributed by atoms with van der Waals surface area (Å²) in [5, 5.41) is 12.2. The Labute approximate surface area is 172 Å². The van der Waals surface area contributed by atoms with Crippen molar-refractivity contribution >= 4 is 39.8 Å². The van der Waals surface area contributed by atoms with Crippen molar-refractivity contribution in [3.8, 4) is 0 Å². The summed E-state index contributed by atoms with van der Waals surface area (Å²) in [7, 11) is 0. The molecule has 3 rings (SSSR count). The van der Waals surface area contributed by atoms with Gasteiger partial charge >= 0.3 is 0 Å². The predicted molar refractivity (Wildman–Crippen MR) is 113 cm³/mol. The van der Waals surface area contributed by atoms with E-state index in [4.69, 9.17) is 0 Å². The minimum Gasteiger partial charge on any atom is -0.338 e. The first-order valence-corrected chi connectivity index (χ1v) is 10.7. The van der Waals surface area contributed by atoms with Crippen LogP contribution in [0, 0.1) is 12.7 Å². The Morgan fingerprint density at radius 1 is 1.21 bits per heavy atom. The number of hydrogen-bond donors (Lipinski definition) is 1. The second-order valence-corrected chi connectivity index (χ2v) is 8.39. The summed E-state index contributed by atoms with van der Waals surface area (Å²) >= 11 is 2.77. The second kappa shape index (κ2) is 9.66. The van der Waals surface area contributed by atoms with Crippen LogP contribution >= 0.6 is 23.1 Å². The average molecular weight is 417 g/mol. The summed E-state index contributed by atoms with van der Waals surface area (Å²) in [4.78, 5) is 14.2. The van der Waals surface area contributed by atoms with E-state index in [-0.39, 0.29) is 17.5 Å². The number of halogens is 1. The average Bonchev–Trinajstić information content (AvgIpc) is 3.11. The number of anilines is 2. The predicted octanol–water partition coefficient (Wildman–Crippen LogP) is 4.87. The van der Waals surface area contributed by atoms with Gasteiger partial charge in [-0.25, -0.2) is 4.39 Å². The fourth-order valence-corrected chi connectivity index (χ4v) is 4.29. The molecule has 3 aromatic rings. The molecule has 1 amide bonds. The van der Waals surface area contributed by atoms with Gasteiger partial charge in [0.1, 0.15) is 5.82 Å². The summed E-state index contributed by atoms with van der Waals surface area (Å²) in [5.74, 6) is -0.0413. The summed E-state index contributed by atoms with van der Waals surface area (Å²) < 4.78 is 14.1. The Kier molecular flexibility index (Phi) is 7.00. The molecule has 146 valence electrons. The Bertz CT molecular complexity index is 947. The number of aromatic nitrogens is 2. The smallest absolute Gasteiger partial charge is 0.233 e. The molecule has 0 saturated heterocycles. The Morgan fingerprint density at radius 2 is 2.04 bits per heavy atom. The molecule has 8 heteroatoms. The van der Waals surface area contributed by atoms with Crippen LogP contribution < -0.4 is 5.32 Å². The zero-order valence-corrected chi connectivity index (χ0v) is 17.3. The van der Waals surface area contributed by atoms with E-state index in [2.05, 4.69) is 15.5 Å². The lowest BCUT2D eigenvalue weighted by Gasteiger charge is -2.20. The van der Waals surface area contributed by atoms with Crippen LogP contribution in [0.4, 0.5) is 15.2 Å². The molecule has 0 aliphatic rings. The topological polar surface area (TPSA) is 58.1 Å². The fourth-order valence-electron chi connectivity index (χ4n) is 2.61. The van der Waals surface area contributed by atoms with Gasteiger partial charge in [0.2, 0.25) is 11.0 Å². The van der Waals surface area contributed by atoms with Crippen molar-refractivity contribution < 1.29 is 9.18 Å². The molecule has 0 spiro atoms. The van der Waals surface area contributed by atoms with E-state index in [1.54, 1.807) is 11.0 Å². The van der Waals surface area contributed by atoms with Gasteiger partial charge in [-0.2, -0.15) is 0 Å². The Hall–Kier alpha value is -2.45. The van der Waals surface area contributed by atoms with E-state index < -0.39 is 0 Å². The monoisotopic (exact) mass is 416 g/mol. The van der Waals surface area contributed by atoms with Crippen LogP contribution in [0.5, 0.6) is 0 Å². The van der Waals surface area contributed by atoms with Gasteiger partial charge in [-0.15, -0.1) is 10.2 Å². The normalized spacial score (nSPS) is 10.7. The molecule has 1 heterocycles. The van der Waals surface area contributed by atoms with Crippen LogP contribution in [-0.2, 0) is 11.3 Å². The minimum absolute atomic E-state index is 0.0137. The van der Waals surface area contributed by atoms with E-state index >= 15 is 0 Å². The molecule has 0 unspecified atom stereocenters. The third-order valence-corrected chi connectivity index (χ3v) is 5.95. The summed E-state index contributed by atoms with van der Waals surface area (Å²) in [6.45, 7) is 4.90. The maximum Gasteiger partial charge on any atom is 0.233 e. The van der Waals surface area contributed by atoms with Crippen molar-refractivity contribution in [1.29, 1.82) is 0 Å². The maximum atomic E-state index is 13.3. The molecule has 0 saturated carbocycles. The molecule has 1 aromatic heterocycles.